The van der Waals surface area contributed by atoms with Crippen molar-refractivity contribution in [3.05, 3.63) is 67.8 Å². The Morgan fingerprint density at radius 3 is 2.59 bits per heavy atom. The summed E-state index contributed by atoms with van der Waals surface area (Å²) in [5.41, 5.74) is 0.759. The van der Waals surface area contributed by atoms with Crippen LogP contribution < -0.4 is 4.90 Å². The van der Waals surface area contributed by atoms with Gasteiger partial charge in [-0.05, 0) is 55.5 Å². The van der Waals surface area contributed by atoms with Gasteiger partial charge in [0.05, 0.1) is 16.6 Å². The van der Waals surface area contributed by atoms with Crippen LogP contribution in [0.15, 0.2) is 67.8 Å². The molecule has 5 atom stereocenters. The lowest BCUT2D eigenvalue weighted by Gasteiger charge is -2.37. The number of nitrogens with zero attached hydrogens (tertiary/aromatic N) is 2. The molecular weight excluding hydrogens is 536 g/mol. The molecule has 3 fully saturated rings. The van der Waals surface area contributed by atoms with Crippen LogP contribution in [0.1, 0.15) is 45.4 Å². The highest BCUT2D eigenvalue weighted by Crippen LogP contribution is 2.71. The topological polar surface area (TPSA) is 87.1 Å². The molecule has 2 amide bonds. The number of thioether (sulfide) groups is 1. The van der Waals surface area contributed by atoms with Crippen molar-refractivity contribution in [2.24, 2.45) is 11.8 Å². The molecule has 2 aromatic carbocycles. The highest BCUT2D eigenvalue weighted by Gasteiger charge is 2.77. The number of hydrogen-bond acceptors (Lipinski definition) is 6. The zero-order chi connectivity index (χ0) is 29.2. The Labute approximate surface area is 246 Å². The van der Waals surface area contributed by atoms with E-state index in [0.717, 1.165) is 42.1 Å². The summed E-state index contributed by atoms with van der Waals surface area (Å²) >= 11 is 1.65. The average molecular weight is 577 g/mol. The summed E-state index contributed by atoms with van der Waals surface area (Å²) in [5, 5.41) is 11.3. The summed E-state index contributed by atoms with van der Waals surface area (Å²) in [6, 6.07) is 13.3. The second-order valence-electron chi connectivity index (χ2n) is 11.6. The van der Waals surface area contributed by atoms with Gasteiger partial charge in [0, 0.05) is 30.1 Å². The van der Waals surface area contributed by atoms with Gasteiger partial charge in [0.15, 0.2) is 0 Å². The second kappa shape index (κ2) is 12.0. The predicted molar refractivity (Wildman–Crippen MR) is 164 cm³/mol. The largest absolute Gasteiger partial charge is 0.461 e. The highest BCUT2D eigenvalue weighted by molar-refractivity contribution is 8.02. The smallest absolute Gasteiger partial charge is 0.311 e. The molecule has 3 aliphatic heterocycles. The molecule has 3 heterocycles. The predicted octanol–water partition coefficient (Wildman–Crippen LogP) is 5.12. The number of likely N-dealkylation sites (tertiary alicyclic amines) is 1. The molecule has 3 aliphatic rings. The van der Waals surface area contributed by atoms with Crippen LogP contribution in [0.5, 0.6) is 0 Å². The van der Waals surface area contributed by atoms with Crippen molar-refractivity contribution < 1.29 is 24.2 Å². The van der Waals surface area contributed by atoms with E-state index in [1.807, 2.05) is 49.4 Å². The van der Waals surface area contributed by atoms with Gasteiger partial charge in [-0.2, -0.15) is 0 Å². The molecule has 7 nitrogen and oxygen atoms in total. The van der Waals surface area contributed by atoms with Crippen LogP contribution in [-0.2, 0) is 19.1 Å². The summed E-state index contributed by atoms with van der Waals surface area (Å²) in [4.78, 5) is 45.9. The quantitative estimate of drug-likeness (QED) is 0.202. The van der Waals surface area contributed by atoms with Gasteiger partial charge in [-0.25, -0.2) is 0 Å². The number of anilines is 1. The van der Waals surface area contributed by atoms with Crippen molar-refractivity contribution in [2.75, 3.05) is 31.2 Å². The Balaban J connectivity index is 1.53. The molecule has 0 radical (unpaired) electrons. The van der Waals surface area contributed by atoms with Crippen LogP contribution in [0.4, 0.5) is 5.69 Å². The Morgan fingerprint density at radius 2 is 1.85 bits per heavy atom. The maximum absolute atomic E-state index is 14.7. The SMILES string of the molecule is C=CCOC(=O)[C@@H]1[C@H]2C(=O)N(CCCCCCO)C(C(=O)N(CC=C)c3ccc4ccccc4c3)C23CC[C@@]1(C)S3. The minimum absolute atomic E-state index is 0.0933. The Bertz CT molecular complexity index is 1350. The van der Waals surface area contributed by atoms with E-state index < -0.39 is 27.4 Å². The van der Waals surface area contributed by atoms with Crippen molar-refractivity contribution in [1.29, 1.82) is 0 Å². The van der Waals surface area contributed by atoms with Crippen molar-refractivity contribution in [3.8, 4) is 0 Å². The number of hydrogen-bond donors (Lipinski definition) is 1. The summed E-state index contributed by atoms with van der Waals surface area (Å²) in [6.07, 6.45) is 7.82. The summed E-state index contributed by atoms with van der Waals surface area (Å²) in [5.74, 6) is -1.87. The second-order valence-corrected chi connectivity index (χ2v) is 13.5. The van der Waals surface area contributed by atoms with Crippen LogP contribution in [0, 0.1) is 11.8 Å². The molecule has 0 aliphatic carbocycles. The first kappa shape index (κ1) is 29.4. The normalized spacial score (nSPS) is 28.1. The number of benzene rings is 2. The van der Waals surface area contributed by atoms with Gasteiger partial charge in [0.2, 0.25) is 5.91 Å². The van der Waals surface area contributed by atoms with Crippen molar-refractivity contribution >= 4 is 46.0 Å². The molecule has 8 heteroatoms. The molecule has 1 spiro atoms. The molecule has 2 aromatic rings. The van der Waals surface area contributed by atoms with Crippen LogP contribution in [-0.4, -0.2) is 69.6 Å². The number of aliphatic hydroxyl groups is 1. The molecule has 2 unspecified atom stereocenters. The lowest BCUT2D eigenvalue weighted by molar-refractivity contribution is -0.154. The number of carbonyl (C=O) groups is 3. The lowest BCUT2D eigenvalue weighted by Crippen LogP contribution is -2.55. The summed E-state index contributed by atoms with van der Waals surface area (Å²) in [6.45, 7) is 10.6. The Hall–Kier alpha value is -3.10. The maximum Gasteiger partial charge on any atom is 0.311 e. The van der Waals surface area contributed by atoms with Crippen molar-refractivity contribution in [1.82, 2.24) is 4.90 Å². The molecule has 218 valence electrons. The highest BCUT2D eigenvalue weighted by atomic mass is 32.2. The third-order valence-electron chi connectivity index (χ3n) is 9.04. The van der Waals surface area contributed by atoms with E-state index >= 15 is 0 Å². The Kier molecular flexibility index (Phi) is 8.62. The molecule has 41 heavy (non-hydrogen) atoms. The van der Waals surface area contributed by atoms with Gasteiger partial charge in [-0.15, -0.1) is 18.3 Å². The molecule has 0 aromatic heterocycles. The summed E-state index contributed by atoms with van der Waals surface area (Å²) < 4.78 is 4.34. The number of esters is 1. The number of fused-ring (bicyclic) bond motifs is 2. The fourth-order valence-electron chi connectivity index (χ4n) is 7.23. The molecule has 5 rings (SSSR count). The first-order valence-electron chi connectivity index (χ1n) is 14.6. The fraction of sp³-hybridized carbons (Fsp3) is 0.485. The van der Waals surface area contributed by atoms with E-state index in [0.29, 0.717) is 25.9 Å². The van der Waals surface area contributed by atoms with E-state index in [9.17, 15) is 19.5 Å². The number of unbranched alkanes of at least 4 members (excludes halogenated alkanes) is 3. The number of aliphatic hydroxyl groups excluding tert-OH is 1. The van der Waals surface area contributed by atoms with Crippen LogP contribution >= 0.6 is 11.8 Å². The molecule has 2 bridgehead atoms. The Morgan fingerprint density at radius 1 is 1.10 bits per heavy atom. The van der Waals surface area contributed by atoms with Gasteiger partial charge in [0.1, 0.15) is 12.6 Å². The van der Waals surface area contributed by atoms with Gasteiger partial charge in [0.25, 0.3) is 5.91 Å². The van der Waals surface area contributed by atoms with Crippen molar-refractivity contribution in [2.45, 2.75) is 61.0 Å². The van der Waals surface area contributed by atoms with Crippen LogP contribution in [0.3, 0.4) is 0 Å². The zero-order valence-corrected chi connectivity index (χ0v) is 24.6. The van der Waals surface area contributed by atoms with Gasteiger partial charge in [-0.1, -0.05) is 61.9 Å². The summed E-state index contributed by atoms with van der Waals surface area (Å²) in [7, 11) is 0. The minimum Gasteiger partial charge on any atom is -0.461 e. The van der Waals surface area contributed by atoms with Crippen LogP contribution in [0.2, 0.25) is 0 Å². The lowest BCUT2D eigenvalue weighted by atomic mass is 9.66. The fourth-order valence-corrected chi connectivity index (χ4v) is 9.56. The molecular formula is C33H40N2O5S. The maximum atomic E-state index is 14.7. The van der Waals surface area contributed by atoms with Gasteiger partial charge >= 0.3 is 5.97 Å². The monoisotopic (exact) mass is 576 g/mol. The van der Waals surface area contributed by atoms with E-state index in [-0.39, 0.29) is 31.0 Å². The van der Waals surface area contributed by atoms with E-state index in [2.05, 4.69) is 13.2 Å². The first-order chi connectivity index (χ1) is 19.8. The minimum atomic E-state index is -0.706. The third-order valence-corrected chi connectivity index (χ3v) is 11.0. The zero-order valence-electron chi connectivity index (χ0n) is 23.8. The van der Waals surface area contributed by atoms with Gasteiger partial charge in [-0.3, -0.25) is 14.4 Å². The number of amides is 2. The number of carbonyl (C=O) groups excluding carboxylic acids is 3. The molecule has 3 saturated heterocycles. The standard InChI is InChI=1S/C33H40N2O5S/c1-4-18-34(25-15-14-23-12-8-9-13-24(23)22-25)30(38)28-33-17-16-32(3,41-33)27(31(39)40-21-5-2)26(33)29(37)35(28)19-10-6-7-11-20-36/h4-5,8-9,12-15,22,26-28,36H,1-2,6-7,10-11,16-21H2,3H3/t26-,27-,28?,32+,33?/m0/s1. The van der Waals surface area contributed by atoms with E-state index in [4.69, 9.17) is 4.74 Å². The van der Waals surface area contributed by atoms with E-state index in [1.54, 1.807) is 27.6 Å². The first-order valence-corrected chi connectivity index (χ1v) is 15.4. The third kappa shape index (κ3) is 5.10. The number of rotatable bonds is 13. The molecule has 1 N–H and O–H groups in total. The average Bonchev–Trinajstić information content (AvgIpc) is 3.54. The van der Waals surface area contributed by atoms with Crippen LogP contribution in [0.25, 0.3) is 10.8 Å². The molecule has 0 saturated carbocycles. The van der Waals surface area contributed by atoms with Crippen molar-refractivity contribution in [3.63, 3.8) is 0 Å². The number of ether oxygens (including phenoxy) is 1. The van der Waals surface area contributed by atoms with Gasteiger partial charge < -0.3 is 19.6 Å². The van der Waals surface area contributed by atoms with E-state index in [1.165, 1.54) is 6.08 Å².